The smallest absolute Gasteiger partial charge is 0.0628 e. The van der Waals surface area contributed by atoms with E-state index in [1.807, 2.05) is 11.7 Å². The maximum Gasteiger partial charge on any atom is 0.0628 e. The molecule has 1 rings (SSSR count). The largest absolute Gasteiger partial charge is 0.314 e. The number of hydrogen-bond acceptors (Lipinski definition) is 2. The standard InChI is InChI=1S/C15H29N3/c1-6-8-14(16-11-7-2)9-10-15-12(3)17-18(5)13(15)4/h14,16H,6-11H2,1-5H3. The number of hydrogen-bond donors (Lipinski definition) is 1. The summed E-state index contributed by atoms with van der Waals surface area (Å²) in [6, 6.07) is 0.661. The van der Waals surface area contributed by atoms with Crippen molar-refractivity contribution in [3.63, 3.8) is 0 Å². The molecule has 0 aliphatic rings. The Morgan fingerprint density at radius 1 is 1.17 bits per heavy atom. The molecule has 0 aromatic carbocycles. The maximum atomic E-state index is 4.49. The van der Waals surface area contributed by atoms with Crippen LogP contribution in [0.4, 0.5) is 0 Å². The first kappa shape index (κ1) is 15.2. The van der Waals surface area contributed by atoms with Crippen molar-refractivity contribution in [3.8, 4) is 0 Å². The van der Waals surface area contributed by atoms with Crippen LogP contribution in [0.2, 0.25) is 0 Å². The van der Waals surface area contributed by atoms with Gasteiger partial charge < -0.3 is 5.32 Å². The molecule has 0 aliphatic carbocycles. The van der Waals surface area contributed by atoms with E-state index in [0.717, 1.165) is 13.0 Å². The highest BCUT2D eigenvalue weighted by molar-refractivity contribution is 5.24. The second kappa shape index (κ2) is 7.57. The van der Waals surface area contributed by atoms with Crippen molar-refractivity contribution in [1.82, 2.24) is 15.1 Å². The molecule has 1 aromatic rings. The van der Waals surface area contributed by atoms with E-state index in [9.17, 15) is 0 Å². The van der Waals surface area contributed by atoms with Crippen LogP contribution in [0.3, 0.4) is 0 Å². The summed E-state index contributed by atoms with van der Waals surface area (Å²) in [6.07, 6.45) is 6.12. The van der Waals surface area contributed by atoms with E-state index in [1.165, 1.54) is 42.6 Å². The minimum atomic E-state index is 0.661. The Labute approximate surface area is 112 Å². The van der Waals surface area contributed by atoms with Crippen LogP contribution in [0.15, 0.2) is 0 Å². The SMILES string of the molecule is CCCNC(CCC)CCc1c(C)nn(C)c1C. The van der Waals surface area contributed by atoms with Crippen molar-refractivity contribution in [3.05, 3.63) is 17.0 Å². The molecule has 0 aliphatic heterocycles. The van der Waals surface area contributed by atoms with E-state index in [0.29, 0.717) is 6.04 Å². The van der Waals surface area contributed by atoms with Gasteiger partial charge in [-0.1, -0.05) is 20.3 Å². The lowest BCUT2D eigenvalue weighted by Gasteiger charge is -2.17. The molecule has 1 heterocycles. The number of aryl methyl sites for hydroxylation is 2. The number of rotatable bonds is 8. The molecule has 1 aromatic heterocycles. The Morgan fingerprint density at radius 3 is 2.39 bits per heavy atom. The number of nitrogens with zero attached hydrogens (tertiary/aromatic N) is 2. The Bertz CT molecular complexity index is 355. The predicted molar refractivity (Wildman–Crippen MR) is 78.0 cm³/mol. The quantitative estimate of drug-likeness (QED) is 0.769. The van der Waals surface area contributed by atoms with Crippen LogP contribution in [0.25, 0.3) is 0 Å². The summed E-state index contributed by atoms with van der Waals surface area (Å²) >= 11 is 0. The van der Waals surface area contributed by atoms with E-state index in [-0.39, 0.29) is 0 Å². The highest BCUT2D eigenvalue weighted by Gasteiger charge is 2.12. The van der Waals surface area contributed by atoms with Crippen molar-refractivity contribution in [1.29, 1.82) is 0 Å². The molecule has 0 bridgehead atoms. The molecule has 0 fully saturated rings. The van der Waals surface area contributed by atoms with Gasteiger partial charge in [-0.25, -0.2) is 0 Å². The van der Waals surface area contributed by atoms with Gasteiger partial charge in [-0.05, 0) is 51.6 Å². The van der Waals surface area contributed by atoms with Gasteiger partial charge in [0.1, 0.15) is 0 Å². The topological polar surface area (TPSA) is 29.9 Å². The average molecular weight is 251 g/mol. The first-order valence-corrected chi connectivity index (χ1v) is 7.32. The van der Waals surface area contributed by atoms with Crippen LogP contribution in [0, 0.1) is 13.8 Å². The van der Waals surface area contributed by atoms with E-state index in [1.54, 1.807) is 0 Å². The van der Waals surface area contributed by atoms with Gasteiger partial charge in [0.15, 0.2) is 0 Å². The fourth-order valence-electron chi connectivity index (χ4n) is 2.54. The van der Waals surface area contributed by atoms with Crippen molar-refractivity contribution in [2.45, 2.75) is 65.8 Å². The zero-order chi connectivity index (χ0) is 13.5. The Hall–Kier alpha value is -0.830. The summed E-state index contributed by atoms with van der Waals surface area (Å²) in [4.78, 5) is 0. The van der Waals surface area contributed by atoms with E-state index in [4.69, 9.17) is 0 Å². The van der Waals surface area contributed by atoms with Crippen molar-refractivity contribution < 1.29 is 0 Å². The van der Waals surface area contributed by atoms with Crippen LogP contribution in [-0.2, 0) is 13.5 Å². The zero-order valence-corrected chi connectivity index (χ0v) is 12.7. The Morgan fingerprint density at radius 2 is 1.89 bits per heavy atom. The summed E-state index contributed by atoms with van der Waals surface area (Å²) < 4.78 is 2.00. The first-order valence-electron chi connectivity index (χ1n) is 7.32. The summed E-state index contributed by atoms with van der Waals surface area (Å²) in [7, 11) is 2.03. The molecular formula is C15H29N3. The van der Waals surface area contributed by atoms with Crippen LogP contribution in [0.5, 0.6) is 0 Å². The zero-order valence-electron chi connectivity index (χ0n) is 12.7. The molecule has 104 valence electrons. The molecule has 3 heteroatoms. The van der Waals surface area contributed by atoms with E-state index >= 15 is 0 Å². The van der Waals surface area contributed by atoms with Crippen LogP contribution in [-0.4, -0.2) is 22.4 Å². The van der Waals surface area contributed by atoms with Crippen molar-refractivity contribution in [2.75, 3.05) is 6.54 Å². The lowest BCUT2D eigenvalue weighted by Crippen LogP contribution is -2.30. The summed E-state index contributed by atoms with van der Waals surface area (Å²) in [6.45, 7) is 9.92. The molecule has 1 unspecified atom stereocenters. The fourth-order valence-corrected chi connectivity index (χ4v) is 2.54. The first-order chi connectivity index (χ1) is 8.60. The van der Waals surface area contributed by atoms with Gasteiger partial charge in [-0.15, -0.1) is 0 Å². The molecule has 0 saturated carbocycles. The third-order valence-corrected chi connectivity index (χ3v) is 3.72. The third kappa shape index (κ3) is 4.13. The number of aromatic nitrogens is 2. The Kier molecular flexibility index (Phi) is 6.41. The van der Waals surface area contributed by atoms with Gasteiger partial charge in [0, 0.05) is 18.8 Å². The lowest BCUT2D eigenvalue weighted by molar-refractivity contribution is 0.448. The van der Waals surface area contributed by atoms with Gasteiger partial charge in [-0.3, -0.25) is 4.68 Å². The molecule has 0 radical (unpaired) electrons. The monoisotopic (exact) mass is 251 g/mol. The second-order valence-corrected chi connectivity index (χ2v) is 5.25. The minimum Gasteiger partial charge on any atom is -0.314 e. The minimum absolute atomic E-state index is 0.661. The third-order valence-electron chi connectivity index (χ3n) is 3.72. The normalized spacial score (nSPS) is 12.9. The average Bonchev–Trinajstić information content (AvgIpc) is 2.58. The van der Waals surface area contributed by atoms with Crippen LogP contribution < -0.4 is 5.32 Å². The molecule has 0 amide bonds. The fraction of sp³-hybridized carbons (Fsp3) is 0.800. The molecule has 0 spiro atoms. The molecule has 0 saturated heterocycles. The van der Waals surface area contributed by atoms with Gasteiger partial charge in [0.25, 0.3) is 0 Å². The van der Waals surface area contributed by atoms with Gasteiger partial charge in [0.05, 0.1) is 5.69 Å². The Balaban J connectivity index is 2.55. The molecule has 3 nitrogen and oxygen atoms in total. The van der Waals surface area contributed by atoms with Crippen molar-refractivity contribution >= 4 is 0 Å². The second-order valence-electron chi connectivity index (χ2n) is 5.25. The van der Waals surface area contributed by atoms with Crippen LogP contribution in [0.1, 0.15) is 56.5 Å². The summed E-state index contributed by atoms with van der Waals surface area (Å²) in [5.41, 5.74) is 3.95. The van der Waals surface area contributed by atoms with Gasteiger partial charge in [-0.2, -0.15) is 5.10 Å². The highest BCUT2D eigenvalue weighted by Crippen LogP contribution is 2.16. The van der Waals surface area contributed by atoms with E-state index < -0.39 is 0 Å². The van der Waals surface area contributed by atoms with Gasteiger partial charge >= 0.3 is 0 Å². The van der Waals surface area contributed by atoms with Crippen molar-refractivity contribution in [2.24, 2.45) is 7.05 Å². The lowest BCUT2D eigenvalue weighted by atomic mass is 10.0. The number of nitrogens with one attached hydrogen (secondary N) is 1. The molecule has 1 atom stereocenters. The highest BCUT2D eigenvalue weighted by atomic mass is 15.3. The predicted octanol–water partition coefficient (Wildman–Crippen LogP) is 3.14. The molecule has 1 N–H and O–H groups in total. The summed E-state index contributed by atoms with van der Waals surface area (Å²) in [5, 5.41) is 8.15. The van der Waals surface area contributed by atoms with E-state index in [2.05, 4.69) is 38.1 Å². The maximum absolute atomic E-state index is 4.49. The molecule has 18 heavy (non-hydrogen) atoms. The van der Waals surface area contributed by atoms with Gasteiger partial charge in [0.2, 0.25) is 0 Å². The van der Waals surface area contributed by atoms with Crippen LogP contribution >= 0.6 is 0 Å². The molecular weight excluding hydrogens is 222 g/mol. The summed E-state index contributed by atoms with van der Waals surface area (Å²) in [5.74, 6) is 0.